The molecular formula is C13H20O3S. The third-order valence-corrected chi connectivity index (χ3v) is 3.57. The highest BCUT2D eigenvalue weighted by Crippen LogP contribution is 2.15. The molecule has 0 saturated carbocycles. The fourth-order valence-electron chi connectivity index (χ4n) is 1.50. The van der Waals surface area contributed by atoms with Crippen molar-refractivity contribution in [3.8, 4) is 5.75 Å². The minimum absolute atomic E-state index is 0.321. The standard InChI is InChI=1S/C13H20O3S/c1-2-3-4-5-6-7-17-10-11-8-12(14)13(15)9-16-11/h8-9,15H,2-7,10H2,1H3. The van der Waals surface area contributed by atoms with Gasteiger partial charge >= 0.3 is 0 Å². The molecule has 0 amide bonds. The molecule has 0 unspecified atom stereocenters. The Morgan fingerprint density at radius 1 is 1.29 bits per heavy atom. The molecule has 0 radical (unpaired) electrons. The van der Waals surface area contributed by atoms with E-state index in [1.165, 1.54) is 38.2 Å². The lowest BCUT2D eigenvalue weighted by Crippen LogP contribution is -1.99. The molecule has 17 heavy (non-hydrogen) atoms. The van der Waals surface area contributed by atoms with Gasteiger partial charge in [0.1, 0.15) is 12.0 Å². The van der Waals surface area contributed by atoms with E-state index in [0.717, 1.165) is 12.0 Å². The molecule has 0 aliphatic heterocycles. The first-order valence-corrected chi connectivity index (χ1v) is 7.28. The lowest BCUT2D eigenvalue weighted by atomic mass is 10.2. The fraction of sp³-hybridized carbons (Fsp3) is 0.615. The SMILES string of the molecule is CCCCCCCSCc1cc(=O)c(O)co1. The molecule has 0 aliphatic rings. The van der Waals surface area contributed by atoms with Crippen LogP contribution in [0.3, 0.4) is 0 Å². The van der Waals surface area contributed by atoms with Crippen LogP contribution in [0.15, 0.2) is 21.5 Å². The van der Waals surface area contributed by atoms with Crippen LogP contribution in [0.5, 0.6) is 5.75 Å². The number of rotatable bonds is 8. The molecule has 0 aliphatic carbocycles. The molecule has 1 heterocycles. The zero-order valence-corrected chi connectivity index (χ0v) is 11.1. The van der Waals surface area contributed by atoms with Gasteiger partial charge in [-0.05, 0) is 12.2 Å². The van der Waals surface area contributed by atoms with Crippen molar-refractivity contribution >= 4 is 11.8 Å². The molecule has 1 rings (SSSR count). The van der Waals surface area contributed by atoms with Gasteiger partial charge in [-0.3, -0.25) is 4.79 Å². The Morgan fingerprint density at radius 2 is 2.06 bits per heavy atom. The third kappa shape index (κ3) is 5.82. The van der Waals surface area contributed by atoms with Gasteiger partial charge in [0.25, 0.3) is 0 Å². The molecule has 1 aromatic heterocycles. The van der Waals surface area contributed by atoms with Gasteiger partial charge in [-0.1, -0.05) is 32.6 Å². The van der Waals surface area contributed by atoms with Gasteiger partial charge in [0, 0.05) is 6.07 Å². The zero-order chi connectivity index (χ0) is 12.5. The van der Waals surface area contributed by atoms with Gasteiger partial charge in [0.05, 0.1) is 5.75 Å². The maximum atomic E-state index is 11.1. The first-order valence-electron chi connectivity index (χ1n) is 6.12. The second-order valence-electron chi connectivity index (χ2n) is 4.06. The maximum Gasteiger partial charge on any atom is 0.226 e. The second kappa shape index (κ2) is 8.23. The molecule has 0 saturated heterocycles. The molecule has 0 bridgehead atoms. The van der Waals surface area contributed by atoms with Gasteiger partial charge in [0.15, 0.2) is 5.75 Å². The Balaban J connectivity index is 2.14. The number of aromatic hydroxyl groups is 1. The summed E-state index contributed by atoms with van der Waals surface area (Å²) < 4.78 is 5.11. The van der Waals surface area contributed by atoms with Crippen molar-refractivity contribution in [3.63, 3.8) is 0 Å². The zero-order valence-electron chi connectivity index (χ0n) is 10.3. The van der Waals surface area contributed by atoms with Gasteiger partial charge < -0.3 is 9.52 Å². The smallest absolute Gasteiger partial charge is 0.226 e. The minimum Gasteiger partial charge on any atom is -0.502 e. The van der Waals surface area contributed by atoms with Gasteiger partial charge in [-0.2, -0.15) is 11.8 Å². The predicted octanol–water partition coefficient (Wildman–Crippen LogP) is 3.55. The molecule has 0 fully saturated rings. The van der Waals surface area contributed by atoms with E-state index in [9.17, 15) is 4.79 Å². The number of hydrogen-bond donors (Lipinski definition) is 1. The van der Waals surface area contributed by atoms with Crippen molar-refractivity contribution in [3.05, 3.63) is 28.3 Å². The summed E-state index contributed by atoms with van der Waals surface area (Å²) in [7, 11) is 0. The molecule has 1 N–H and O–H groups in total. The highest BCUT2D eigenvalue weighted by molar-refractivity contribution is 7.98. The molecule has 3 nitrogen and oxygen atoms in total. The van der Waals surface area contributed by atoms with Crippen LogP contribution >= 0.6 is 11.8 Å². The highest BCUT2D eigenvalue weighted by atomic mass is 32.2. The van der Waals surface area contributed by atoms with Gasteiger partial charge in [-0.25, -0.2) is 0 Å². The highest BCUT2D eigenvalue weighted by Gasteiger charge is 2.01. The first kappa shape index (κ1) is 14.2. The van der Waals surface area contributed by atoms with E-state index >= 15 is 0 Å². The summed E-state index contributed by atoms with van der Waals surface area (Å²) in [5.74, 6) is 2.10. The van der Waals surface area contributed by atoms with Gasteiger partial charge in [0.2, 0.25) is 5.43 Å². The number of unbranched alkanes of at least 4 members (excludes halogenated alkanes) is 4. The van der Waals surface area contributed by atoms with Crippen LogP contribution in [-0.2, 0) is 5.75 Å². The lowest BCUT2D eigenvalue weighted by Gasteiger charge is -2.01. The molecular weight excluding hydrogens is 236 g/mol. The number of hydrogen-bond acceptors (Lipinski definition) is 4. The van der Waals surface area contributed by atoms with Crippen molar-refractivity contribution in [1.29, 1.82) is 0 Å². The fourth-order valence-corrected chi connectivity index (χ4v) is 2.41. The topological polar surface area (TPSA) is 50.4 Å². The summed E-state index contributed by atoms with van der Waals surface area (Å²) in [6.45, 7) is 2.21. The van der Waals surface area contributed by atoms with Crippen LogP contribution in [0, 0.1) is 0 Å². The van der Waals surface area contributed by atoms with Crippen LogP contribution < -0.4 is 5.43 Å². The van der Waals surface area contributed by atoms with E-state index in [4.69, 9.17) is 9.52 Å². The van der Waals surface area contributed by atoms with Gasteiger partial charge in [-0.15, -0.1) is 0 Å². The Kier molecular flexibility index (Phi) is 6.86. The van der Waals surface area contributed by atoms with Crippen LogP contribution in [-0.4, -0.2) is 10.9 Å². The van der Waals surface area contributed by atoms with E-state index < -0.39 is 0 Å². The van der Waals surface area contributed by atoms with Crippen LogP contribution in [0.1, 0.15) is 44.8 Å². The van der Waals surface area contributed by atoms with Crippen LogP contribution in [0.2, 0.25) is 0 Å². The summed E-state index contributed by atoms with van der Waals surface area (Å²) in [5, 5.41) is 9.02. The van der Waals surface area contributed by atoms with Crippen LogP contribution in [0.4, 0.5) is 0 Å². The quantitative estimate of drug-likeness (QED) is 0.723. The molecule has 4 heteroatoms. The average Bonchev–Trinajstić information content (AvgIpc) is 2.32. The molecule has 96 valence electrons. The van der Waals surface area contributed by atoms with Crippen LogP contribution in [0.25, 0.3) is 0 Å². The van der Waals surface area contributed by atoms with Crippen molar-refractivity contribution in [2.75, 3.05) is 5.75 Å². The van der Waals surface area contributed by atoms with Crippen molar-refractivity contribution in [2.24, 2.45) is 0 Å². The Labute approximate surface area is 106 Å². The molecule has 1 aromatic rings. The summed E-state index contributed by atoms with van der Waals surface area (Å²) in [4.78, 5) is 11.1. The Morgan fingerprint density at radius 3 is 2.76 bits per heavy atom. The van der Waals surface area contributed by atoms with E-state index in [0.29, 0.717) is 11.5 Å². The largest absolute Gasteiger partial charge is 0.502 e. The summed E-state index contributed by atoms with van der Waals surface area (Å²) in [6, 6.07) is 1.36. The Hall–Kier alpha value is -0.900. The Bertz CT molecular complexity index is 373. The average molecular weight is 256 g/mol. The monoisotopic (exact) mass is 256 g/mol. The van der Waals surface area contributed by atoms with Crippen molar-refractivity contribution < 1.29 is 9.52 Å². The summed E-state index contributed by atoms with van der Waals surface area (Å²) in [6.07, 6.45) is 7.50. The lowest BCUT2D eigenvalue weighted by molar-refractivity contribution is 0.419. The van der Waals surface area contributed by atoms with Crippen molar-refractivity contribution in [1.82, 2.24) is 0 Å². The van der Waals surface area contributed by atoms with E-state index in [2.05, 4.69) is 6.92 Å². The summed E-state index contributed by atoms with van der Waals surface area (Å²) >= 11 is 1.76. The third-order valence-electron chi connectivity index (χ3n) is 2.50. The minimum atomic E-state index is -0.366. The normalized spacial score (nSPS) is 10.6. The maximum absolute atomic E-state index is 11.1. The van der Waals surface area contributed by atoms with Crippen molar-refractivity contribution in [2.45, 2.75) is 44.8 Å². The molecule has 0 aromatic carbocycles. The van der Waals surface area contributed by atoms with E-state index in [-0.39, 0.29) is 11.2 Å². The summed E-state index contributed by atoms with van der Waals surface area (Å²) in [5.41, 5.74) is -0.366. The first-order chi connectivity index (χ1) is 8.24. The second-order valence-corrected chi connectivity index (χ2v) is 5.17. The van der Waals surface area contributed by atoms with E-state index in [1.807, 2.05) is 0 Å². The number of thioether (sulfide) groups is 1. The molecule has 0 spiro atoms. The molecule has 0 atom stereocenters. The predicted molar refractivity (Wildman–Crippen MR) is 71.6 cm³/mol. The van der Waals surface area contributed by atoms with E-state index in [1.54, 1.807) is 11.8 Å².